The molecular formula is C25H34O7. The number of Topliss-reactive ketones (excluding diaryl/α,β-unsaturated/α-hetero) is 1. The highest BCUT2D eigenvalue weighted by atomic mass is 16.7. The van der Waals surface area contributed by atoms with Crippen molar-refractivity contribution in [1.29, 1.82) is 0 Å². The Labute approximate surface area is 189 Å². The van der Waals surface area contributed by atoms with Gasteiger partial charge in [0.2, 0.25) is 5.78 Å². The van der Waals surface area contributed by atoms with E-state index in [0.717, 1.165) is 32.1 Å². The smallest absolute Gasteiger partial charge is 0.303 e. The van der Waals surface area contributed by atoms with Gasteiger partial charge in [-0.2, -0.15) is 0 Å². The van der Waals surface area contributed by atoms with Crippen molar-refractivity contribution < 1.29 is 33.3 Å². The summed E-state index contributed by atoms with van der Waals surface area (Å²) in [6.07, 6.45) is 7.39. The summed E-state index contributed by atoms with van der Waals surface area (Å²) in [7, 11) is 1.55. The van der Waals surface area contributed by atoms with E-state index in [2.05, 4.69) is 13.8 Å². The molecule has 0 bridgehead atoms. The third kappa shape index (κ3) is 2.67. The topological polar surface area (TPSA) is 91.4 Å². The third-order valence-corrected chi connectivity index (χ3v) is 9.74. The van der Waals surface area contributed by atoms with Crippen molar-refractivity contribution in [2.45, 2.75) is 83.0 Å². The van der Waals surface area contributed by atoms with Gasteiger partial charge >= 0.3 is 5.97 Å². The Bertz CT molecular complexity index is 895. The molecule has 0 N–H and O–H groups in total. The molecule has 0 aromatic heterocycles. The van der Waals surface area contributed by atoms with E-state index < -0.39 is 17.0 Å². The fraction of sp³-hybridized carbons (Fsp3) is 0.800. The zero-order valence-electron chi connectivity index (χ0n) is 19.5. The molecule has 7 heteroatoms. The number of methoxy groups -OCH3 is 1. The van der Waals surface area contributed by atoms with Crippen molar-refractivity contribution in [2.75, 3.05) is 20.5 Å². The first-order chi connectivity index (χ1) is 15.1. The molecular weight excluding hydrogens is 412 g/mol. The molecule has 4 fully saturated rings. The summed E-state index contributed by atoms with van der Waals surface area (Å²) in [6.45, 7) is 5.49. The fourth-order valence-corrected chi connectivity index (χ4v) is 8.22. The zero-order valence-corrected chi connectivity index (χ0v) is 19.5. The van der Waals surface area contributed by atoms with Crippen LogP contribution < -0.4 is 0 Å². The van der Waals surface area contributed by atoms with Gasteiger partial charge in [0.05, 0.1) is 6.10 Å². The molecule has 1 saturated heterocycles. The SMILES string of the molecule is COCO[C@]1(C(=O)COC(C)=O)CC[C@H]2[C@@H]3CCC4=CC(=O)CC[C@]4(C)[C@@]34O[C@H]4C[C@@]21C. The normalized spacial score (nSPS) is 46.3. The lowest BCUT2D eigenvalue weighted by Gasteiger charge is -2.57. The van der Waals surface area contributed by atoms with E-state index >= 15 is 0 Å². The predicted molar refractivity (Wildman–Crippen MR) is 114 cm³/mol. The Morgan fingerprint density at radius 3 is 2.66 bits per heavy atom. The minimum Gasteiger partial charge on any atom is -0.458 e. The van der Waals surface area contributed by atoms with Gasteiger partial charge in [-0.05, 0) is 56.4 Å². The van der Waals surface area contributed by atoms with Gasteiger partial charge in [0.25, 0.3) is 0 Å². The highest BCUT2D eigenvalue weighted by Crippen LogP contribution is 2.76. The summed E-state index contributed by atoms with van der Waals surface area (Å²) in [4.78, 5) is 37.0. The first kappa shape index (κ1) is 22.2. The number of hydrogen-bond acceptors (Lipinski definition) is 7. The van der Waals surface area contributed by atoms with Gasteiger partial charge < -0.3 is 18.9 Å². The molecule has 0 amide bonds. The highest BCUT2D eigenvalue weighted by molar-refractivity contribution is 5.92. The molecule has 3 saturated carbocycles. The number of esters is 1. The first-order valence-corrected chi connectivity index (χ1v) is 11.9. The van der Waals surface area contributed by atoms with Crippen molar-refractivity contribution in [1.82, 2.24) is 0 Å². The van der Waals surface area contributed by atoms with Crippen LogP contribution in [-0.4, -0.2) is 55.4 Å². The molecule has 7 atom stereocenters. The van der Waals surface area contributed by atoms with Crippen molar-refractivity contribution >= 4 is 17.5 Å². The van der Waals surface area contributed by atoms with Crippen molar-refractivity contribution in [3.8, 4) is 0 Å². The van der Waals surface area contributed by atoms with E-state index in [1.807, 2.05) is 6.08 Å². The number of hydrogen-bond donors (Lipinski definition) is 0. The van der Waals surface area contributed by atoms with Crippen LogP contribution in [0.15, 0.2) is 11.6 Å². The number of ether oxygens (including phenoxy) is 4. The van der Waals surface area contributed by atoms with Crippen LogP contribution >= 0.6 is 0 Å². The standard InChI is InChI=1S/C25H34O7/c1-15(26)30-13-20(28)24(31-14-29-4)10-8-18-19-6-5-16-11-17(27)7-9-22(16,2)25(19)21(32-25)12-23(18,24)3/h11,18-19,21H,5-10,12-14H2,1-4H3/t18-,19-,21-,22-,23-,24-,25+/m0/s1. The molecule has 32 heavy (non-hydrogen) atoms. The lowest BCUT2D eigenvalue weighted by molar-refractivity contribution is -0.200. The second-order valence-corrected chi connectivity index (χ2v) is 10.9. The number of carbonyl (C=O) groups excluding carboxylic acids is 3. The number of epoxide rings is 1. The highest BCUT2D eigenvalue weighted by Gasteiger charge is 2.81. The van der Waals surface area contributed by atoms with E-state index in [4.69, 9.17) is 18.9 Å². The molecule has 1 spiro atoms. The Morgan fingerprint density at radius 1 is 1.16 bits per heavy atom. The third-order valence-electron chi connectivity index (χ3n) is 9.74. The second kappa shape index (κ2) is 7.21. The van der Waals surface area contributed by atoms with Gasteiger partial charge in [0.15, 0.2) is 12.4 Å². The van der Waals surface area contributed by atoms with Gasteiger partial charge in [-0.25, -0.2) is 0 Å². The van der Waals surface area contributed by atoms with Crippen LogP contribution in [0.1, 0.15) is 65.7 Å². The molecule has 4 aliphatic carbocycles. The Morgan fingerprint density at radius 2 is 1.94 bits per heavy atom. The Balaban J connectivity index is 1.50. The van der Waals surface area contributed by atoms with Gasteiger partial charge in [-0.15, -0.1) is 0 Å². The Hall–Kier alpha value is -1.57. The van der Waals surface area contributed by atoms with E-state index in [-0.39, 0.29) is 48.0 Å². The van der Waals surface area contributed by atoms with E-state index in [1.54, 1.807) is 7.11 Å². The van der Waals surface area contributed by atoms with Crippen LogP contribution in [-0.2, 0) is 33.3 Å². The second-order valence-electron chi connectivity index (χ2n) is 10.9. The quantitative estimate of drug-likeness (QED) is 0.352. The maximum Gasteiger partial charge on any atom is 0.303 e. The molecule has 0 unspecified atom stereocenters. The molecule has 5 rings (SSSR count). The molecule has 7 nitrogen and oxygen atoms in total. The first-order valence-electron chi connectivity index (χ1n) is 11.9. The van der Waals surface area contributed by atoms with Crippen molar-refractivity contribution in [3.05, 3.63) is 11.6 Å². The summed E-state index contributed by atoms with van der Waals surface area (Å²) >= 11 is 0. The van der Waals surface area contributed by atoms with Crippen molar-refractivity contribution in [3.63, 3.8) is 0 Å². The van der Waals surface area contributed by atoms with Crippen LogP contribution in [0.2, 0.25) is 0 Å². The summed E-state index contributed by atoms with van der Waals surface area (Å²) in [6, 6.07) is 0. The van der Waals surface area contributed by atoms with E-state index in [9.17, 15) is 14.4 Å². The lowest BCUT2D eigenvalue weighted by Crippen LogP contribution is -2.62. The van der Waals surface area contributed by atoms with Crippen LogP contribution in [0.3, 0.4) is 0 Å². The van der Waals surface area contributed by atoms with Crippen LogP contribution in [0, 0.1) is 22.7 Å². The van der Waals surface area contributed by atoms with Gasteiger partial charge in [0, 0.05) is 31.3 Å². The number of carbonyl (C=O) groups is 3. The summed E-state index contributed by atoms with van der Waals surface area (Å²) < 4.78 is 23.2. The maximum absolute atomic E-state index is 13.5. The Kier molecular flexibility index (Phi) is 5.01. The number of fused-ring (bicyclic) bond motifs is 3. The minimum atomic E-state index is -1.05. The summed E-state index contributed by atoms with van der Waals surface area (Å²) in [5.74, 6) is 0.147. The maximum atomic E-state index is 13.5. The monoisotopic (exact) mass is 446 g/mol. The van der Waals surface area contributed by atoms with Gasteiger partial charge in [-0.1, -0.05) is 19.4 Å². The van der Waals surface area contributed by atoms with Gasteiger partial charge in [-0.3, -0.25) is 14.4 Å². The molecule has 1 heterocycles. The molecule has 5 aliphatic rings. The molecule has 0 aromatic carbocycles. The molecule has 1 aliphatic heterocycles. The fourth-order valence-electron chi connectivity index (χ4n) is 8.22. The number of ketones is 2. The molecule has 176 valence electrons. The minimum absolute atomic E-state index is 0.0160. The molecule has 0 radical (unpaired) electrons. The van der Waals surface area contributed by atoms with Crippen LogP contribution in [0.4, 0.5) is 0 Å². The summed E-state index contributed by atoms with van der Waals surface area (Å²) in [5.41, 5.74) is -0.586. The average molecular weight is 447 g/mol. The van der Waals surface area contributed by atoms with Crippen LogP contribution in [0.25, 0.3) is 0 Å². The lowest BCUT2D eigenvalue weighted by atomic mass is 9.46. The van der Waals surface area contributed by atoms with E-state index in [0.29, 0.717) is 18.8 Å². The van der Waals surface area contributed by atoms with E-state index in [1.165, 1.54) is 12.5 Å². The van der Waals surface area contributed by atoms with Crippen LogP contribution in [0.5, 0.6) is 0 Å². The summed E-state index contributed by atoms with van der Waals surface area (Å²) in [5, 5.41) is 0. The van der Waals surface area contributed by atoms with Crippen molar-refractivity contribution in [2.24, 2.45) is 22.7 Å². The average Bonchev–Trinajstić information content (AvgIpc) is 3.39. The van der Waals surface area contributed by atoms with Gasteiger partial charge in [0.1, 0.15) is 18.0 Å². The molecule has 0 aromatic rings. The predicted octanol–water partition coefficient (Wildman–Crippen LogP) is 3.14. The largest absolute Gasteiger partial charge is 0.458 e. The number of rotatable bonds is 6. The zero-order chi connectivity index (χ0) is 22.9.